The molecule has 0 saturated heterocycles. The summed E-state index contributed by atoms with van der Waals surface area (Å²) in [6, 6.07) is 8.56. The highest BCUT2D eigenvalue weighted by molar-refractivity contribution is 9.10. The van der Waals surface area contributed by atoms with Crippen LogP contribution < -0.4 is 0 Å². The van der Waals surface area contributed by atoms with Crippen molar-refractivity contribution in [1.29, 1.82) is 0 Å². The normalized spacial score (nSPS) is 33.5. The highest BCUT2D eigenvalue weighted by Gasteiger charge is 2.55. The molecule has 2 heteroatoms. The van der Waals surface area contributed by atoms with E-state index in [1.807, 2.05) is 0 Å². The van der Waals surface area contributed by atoms with E-state index < -0.39 is 0 Å². The Morgan fingerprint density at radius 3 is 2.44 bits per heavy atom. The maximum Gasteiger partial charge on any atom is 0.0410 e. The fourth-order valence-electron chi connectivity index (χ4n) is 3.40. The van der Waals surface area contributed by atoms with Crippen LogP contribution in [0.25, 0.3) is 0 Å². The molecular weight excluding hydrogens is 284 g/mol. The van der Waals surface area contributed by atoms with Gasteiger partial charge in [-0.25, -0.2) is 0 Å². The number of fused-ring (bicyclic) bond motifs is 1. The van der Waals surface area contributed by atoms with Crippen LogP contribution in [0.15, 0.2) is 28.7 Å². The van der Waals surface area contributed by atoms with Gasteiger partial charge in [0.1, 0.15) is 0 Å². The smallest absolute Gasteiger partial charge is 0.0410 e. The minimum absolute atomic E-state index is 0.358. The molecule has 2 aliphatic rings. The van der Waals surface area contributed by atoms with Gasteiger partial charge in [0.25, 0.3) is 0 Å². The van der Waals surface area contributed by atoms with Gasteiger partial charge < -0.3 is 0 Å². The first kappa shape index (κ1) is 11.1. The van der Waals surface area contributed by atoms with E-state index in [9.17, 15) is 0 Å². The Hall–Kier alpha value is -0.0100. The molecular formula is C14H16BrCl. The molecule has 0 aliphatic heterocycles. The molecule has 0 nitrogen and oxygen atoms in total. The second-order valence-corrected chi connectivity index (χ2v) is 6.66. The predicted octanol–water partition coefficient (Wildman–Crippen LogP) is 4.65. The van der Waals surface area contributed by atoms with Gasteiger partial charge in [0.05, 0.1) is 0 Å². The van der Waals surface area contributed by atoms with Gasteiger partial charge in [0.2, 0.25) is 0 Å². The molecule has 0 aromatic heterocycles. The third-order valence-electron chi connectivity index (χ3n) is 4.23. The van der Waals surface area contributed by atoms with Gasteiger partial charge in [0.15, 0.2) is 0 Å². The lowest BCUT2D eigenvalue weighted by atomic mass is 10.0. The van der Waals surface area contributed by atoms with Crippen molar-refractivity contribution < 1.29 is 0 Å². The average molecular weight is 300 g/mol. The Balaban J connectivity index is 1.60. The summed E-state index contributed by atoms with van der Waals surface area (Å²) in [6.07, 6.45) is 5.33. The zero-order valence-corrected chi connectivity index (χ0v) is 11.5. The van der Waals surface area contributed by atoms with Crippen LogP contribution in [0.4, 0.5) is 0 Å². The molecule has 0 bridgehead atoms. The van der Waals surface area contributed by atoms with Crippen molar-refractivity contribution in [2.45, 2.75) is 31.1 Å². The van der Waals surface area contributed by atoms with Gasteiger partial charge in [-0.15, -0.1) is 11.6 Å². The van der Waals surface area contributed by atoms with Crippen LogP contribution in [-0.4, -0.2) is 5.38 Å². The number of alkyl halides is 1. The Labute approximate surface area is 111 Å². The van der Waals surface area contributed by atoms with Crippen LogP contribution >= 0.6 is 27.5 Å². The molecule has 3 atom stereocenters. The SMILES string of the molecule is ClC(Cc1ccc(Br)cc1)C1C2CCCC21. The lowest BCUT2D eigenvalue weighted by Crippen LogP contribution is -2.09. The standard InChI is InChI=1S/C14H16BrCl/c15-10-6-4-9(5-7-10)8-13(16)14-11-2-1-3-12(11)14/h4-7,11-14H,1-3,8H2. The molecule has 2 aliphatic carbocycles. The minimum atomic E-state index is 0.358. The molecule has 0 N–H and O–H groups in total. The minimum Gasteiger partial charge on any atom is -0.122 e. The Kier molecular flexibility index (Phi) is 3.01. The van der Waals surface area contributed by atoms with E-state index in [0.717, 1.165) is 28.6 Å². The third-order valence-corrected chi connectivity index (χ3v) is 5.21. The fourth-order valence-corrected chi connectivity index (χ4v) is 4.21. The molecule has 1 aromatic carbocycles. The molecule has 0 heterocycles. The van der Waals surface area contributed by atoms with Crippen molar-refractivity contribution in [3.63, 3.8) is 0 Å². The number of benzene rings is 1. The van der Waals surface area contributed by atoms with E-state index in [2.05, 4.69) is 40.2 Å². The Morgan fingerprint density at radius 2 is 1.81 bits per heavy atom. The second-order valence-electron chi connectivity index (χ2n) is 5.18. The monoisotopic (exact) mass is 298 g/mol. The molecule has 0 radical (unpaired) electrons. The summed E-state index contributed by atoms with van der Waals surface area (Å²) < 4.78 is 1.14. The summed E-state index contributed by atoms with van der Waals surface area (Å²) >= 11 is 10.0. The van der Waals surface area contributed by atoms with Crippen LogP contribution in [0.3, 0.4) is 0 Å². The molecule has 1 aromatic rings. The van der Waals surface area contributed by atoms with Crippen LogP contribution in [0.2, 0.25) is 0 Å². The molecule has 0 spiro atoms. The Morgan fingerprint density at radius 1 is 1.19 bits per heavy atom. The van der Waals surface area contributed by atoms with Gasteiger partial charge in [-0.2, -0.15) is 0 Å². The quantitative estimate of drug-likeness (QED) is 0.713. The lowest BCUT2D eigenvalue weighted by molar-refractivity contribution is 0.559. The van der Waals surface area contributed by atoms with Crippen LogP contribution in [0.5, 0.6) is 0 Å². The molecule has 3 unspecified atom stereocenters. The van der Waals surface area contributed by atoms with Gasteiger partial charge >= 0.3 is 0 Å². The van der Waals surface area contributed by atoms with E-state index >= 15 is 0 Å². The number of halogens is 2. The summed E-state index contributed by atoms with van der Waals surface area (Å²) in [5.41, 5.74) is 1.37. The number of hydrogen-bond donors (Lipinski definition) is 0. The summed E-state index contributed by atoms with van der Waals surface area (Å²) in [4.78, 5) is 0. The molecule has 2 saturated carbocycles. The van der Waals surface area contributed by atoms with Crippen molar-refractivity contribution in [2.75, 3.05) is 0 Å². The first-order valence-corrected chi connectivity index (χ1v) is 7.37. The van der Waals surface area contributed by atoms with E-state index in [4.69, 9.17) is 11.6 Å². The van der Waals surface area contributed by atoms with E-state index in [1.54, 1.807) is 0 Å². The summed E-state index contributed by atoms with van der Waals surface area (Å²) in [5.74, 6) is 2.76. The van der Waals surface area contributed by atoms with E-state index in [1.165, 1.54) is 24.8 Å². The van der Waals surface area contributed by atoms with Crippen molar-refractivity contribution in [3.8, 4) is 0 Å². The summed E-state index contributed by atoms with van der Waals surface area (Å²) in [6.45, 7) is 0. The van der Waals surface area contributed by atoms with Crippen molar-refractivity contribution >= 4 is 27.5 Å². The number of rotatable bonds is 3. The molecule has 2 fully saturated rings. The van der Waals surface area contributed by atoms with Crippen molar-refractivity contribution in [3.05, 3.63) is 34.3 Å². The van der Waals surface area contributed by atoms with Crippen molar-refractivity contribution in [1.82, 2.24) is 0 Å². The molecule has 16 heavy (non-hydrogen) atoms. The average Bonchev–Trinajstić information content (AvgIpc) is 2.76. The Bertz CT molecular complexity index is 363. The van der Waals surface area contributed by atoms with Gasteiger partial charge in [-0.1, -0.05) is 34.5 Å². The topological polar surface area (TPSA) is 0 Å². The van der Waals surface area contributed by atoms with Crippen LogP contribution in [0.1, 0.15) is 24.8 Å². The fraction of sp³-hybridized carbons (Fsp3) is 0.571. The lowest BCUT2D eigenvalue weighted by Gasteiger charge is -2.11. The van der Waals surface area contributed by atoms with Crippen LogP contribution in [-0.2, 0) is 6.42 Å². The predicted molar refractivity (Wildman–Crippen MR) is 71.8 cm³/mol. The second kappa shape index (κ2) is 4.34. The van der Waals surface area contributed by atoms with Gasteiger partial charge in [-0.3, -0.25) is 0 Å². The zero-order chi connectivity index (χ0) is 11.1. The van der Waals surface area contributed by atoms with Gasteiger partial charge in [0, 0.05) is 9.85 Å². The molecule has 86 valence electrons. The van der Waals surface area contributed by atoms with E-state index in [-0.39, 0.29) is 0 Å². The first-order chi connectivity index (χ1) is 7.75. The van der Waals surface area contributed by atoms with Crippen LogP contribution in [0, 0.1) is 17.8 Å². The zero-order valence-electron chi connectivity index (χ0n) is 9.20. The maximum atomic E-state index is 6.54. The maximum absolute atomic E-state index is 6.54. The van der Waals surface area contributed by atoms with E-state index in [0.29, 0.717) is 5.38 Å². The largest absolute Gasteiger partial charge is 0.122 e. The van der Waals surface area contributed by atoms with Crippen molar-refractivity contribution in [2.24, 2.45) is 17.8 Å². The van der Waals surface area contributed by atoms with Gasteiger partial charge in [-0.05, 0) is 54.7 Å². The molecule has 3 rings (SSSR count). The summed E-state index contributed by atoms with van der Waals surface area (Å²) in [5, 5.41) is 0.358. The molecule has 0 amide bonds. The highest BCUT2D eigenvalue weighted by Crippen LogP contribution is 2.60. The third kappa shape index (κ3) is 2.04. The first-order valence-electron chi connectivity index (χ1n) is 6.14. The number of hydrogen-bond acceptors (Lipinski definition) is 0. The summed E-state index contributed by atoms with van der Waals surface area (Å²) in [7, 11) is 0. The highest BCUT2D eigenvalue weighted by atomic mass is 79.9.